The van der Waals surface area contributed by atoms with Gasteiger partial charge in [-0.15, -0.1) is 0 Å². The molecule has 0 saturated carbocycles. The van der Waals surface area contributed by atoms with Gasteiger partial charge in [0.25, 0.3) is 11.5 Å². The van der Waals surface area contributed by atoms with E-state index in [-0.39, 0.29) is 18.1 Å². The summed E-state index contributed by atoms with van der Waals surface area (Å²) in [5.74, 6) is 0.743. The topological polar surface area (TPSA) is 90.5 Å². The average molecular weight is 337 g/mol. The zero-order chi connectivity index (χ0) is 17.4. The fourth-order valence-electron chi connectivity index (χ4n) is 3.09. The molecule has 1 aliphatic rings. The van der Waals surface area contributed by atoms with Gasteiger partial charge in [0.2, 0.25) is 6.04 Å². The summed E-state index contributed by atoms with van der Waals surface area (Å²) in [7, 11) is 0. The van der Waals surface area contributed by atoms with Gasteiger partial charge in [-0.1, -0.05) is 0 Å². The summed E-state index contributed by atoms with van der Waals surface area (Å²) in [5.41, 5.74) is 1.25. The molecule has 1 N–H and O–H groups in total. The van der Waals surface area contributed by atoms with E-state index in [1.807, 2.05) is 0 Å². The van der Waals surface area contributed by atoms with Crippen LogP contribution < -0.4 is 9.67 Å². The van der Waals surface area contributed by atoms with Crippen molar-refractivity contribution in [1.82, 2.24) is 0 Å². The zero-order valence-corrected chi connectivity index (χ0v) is 13.2. The van der Waals surface area contributed by atoms with Crippen molar-refractivity contribution in [2.75, 3.05) is 6.61 Å². The molecule has 6 nitrogen and oxygen atoms in total. The molecule has 0 fully saturated rings. The van der Waals surface area contributed by atoms with E-state index in [0.717, 1.165) is 0 Å². The maximum Gasteiger partial charge on any atom is 0.259 e. The van der Waals surface area contributed by atoms with Crippen LogP contribution in [0.15, 0.2) is 63.5 Å². The highest BCUT2D eigenvalue weighted by molar-refractivity contribution is 6.11. The number of aliphatic hydroxyl groups is 1. The van der Waals surface area contributed by atoms with Gasteiger partial charge in [-0.05, 0) is 41.7 Å². The molecule has 6 heteroatoms. The Balaban J connectivity index is 1.76. The number of furan rings is 2. The van der Waals surface area contributed by atoms with Crippen molar-refractivity contribution in [2.24, 2.45) is 0 Å². The van der Waals surface area contributed by atoms with Gasteiger partial charge in [-0.25, -0.2) is 0 Å². The van der Waals surface area contributed by atoms with E-state index in [2.05, 4.69) is 0 Å². The fourth-order valence-corrected chi connectivity index (χ4v) is 3.09. The number of hydrogen-bond donors (Lipinski definition) is 1. The number of ketones is 1. The number of rotatable bonds is 4. The van der Waals surface area contributed by atoms with E-state index in [4.69, 9.17) is 8.83 Å². The van der Waals surface area contributed by atoms with Gasteiger partial charge in [0.1, 0.15) is 18.1 Å². The molecule has 4 heterocycles. The Labute approximate surface area is 143 Å². The van der Waals surface area contributed by atoms with Crippen molar-refractivity contribution in [2.45, 2.75) is 12.5 Å². The van der Waals surface area contributed by atoms with Crippen LogP contribution in [0.25, 0.3) is 6.08 Å². The van der Waals surface area contributed by atoms with Gasteiger partial charge in [-0.2, -0.15) is 4.57 Å². The second-order valence-electron chi connectivity index (χ2n) is 5.85. The standard InChI is InChI=1S/C19H15NO5/c21-11-17-15(9-14-4-2-6-25-14)19(23)16-8-12(18(22)10-20(16)17)7-13-3-1-5-24-13/h1-6,8-10,17,21H,7,11H2/b15-9-. The third-order valence-electron chi connectivity index (χ3n) is 4.31. The molecule has 126 valence electrons. The van der Waals surface area contributed by atoms with Crippen LogP contribution in [0, 0.1) is 0 Å². The van der Waals surface area contributed by atoms with E-state index in [0.29, 0.717) is 34.8 Å². The Hall–Kier alpha value is -3.12. The summed E-state index contributed by atoms with van der Waals surface area (Å²) in [6.07, 6.45) is 6.34. The molecule has 3 aromatic rings. The fraction of sp³-hybridized carbons (Fsp3) is 0.158. The number of pyridine rings is 1. The maximum atomic E-state index is 12.8. The van der Waals surface area contributed by atoms with Gasteiger partial charge in [0, 0.05) is 12.5 Å². The van der Waals surface area contributed by atoms with Crippen LogP contribution in [0.3, 0.4) is 0 Å². The second kappa shape index (κ2) is 6.07. The smallest absolute Gasteiger partial charge is 0.259 e. The largest absolute Gasteiger partial charge is 0.868 e. The number of carbonyl (C=O) groups is 1. The lowest BCUT2D eigenvalue weighted by Gasteiger charge is -2.12. The minimum atomic E-state index is -0.599. The normalized spacial score (nSPS) is 18.0. The molecule has 1 aliphatic heterocycles. The Bertz CT molecular complexity index is 939. The Morgan fingerprint density at radius 3 is 2.72 bits per heavy atom. The van der Waals surface area contributed by atoms with Gasteiger partial charge in [0.05, 0.1) is 18.1 Å². The van der Waals surface area contributed by atoms with E-state index < -0.39 is 6.04 Å². The van der Waals surface area contributed by atoms with Crippen molar-refractivity contribution < 1.29 is 28.4 Å². The third kappa shape index (κ3) is 2.66. The van der Waals surface area contributed by atoms with E-state index in [1.54, 1.807) is 42.7 Å². The van der Waals surface area contributed by atoms with Crippen molar-refractivity contribution >= 4 is 11.9 Å². The van der Waals surface area contributed by atoms with Gasteiger partial charge < -0.3 is 19.0 Å². The highest BCUT2D eigenvalue weighted by atomic mass is 16.3. The predicted molar refractivity (Wildman–Crippen MR) is 84.7 cm³/mol. The zero-order valence-electron chi connectivity index (χ0n) is 13.2. The molecule has 25 heavy (non-hydrogen) atoms. The first-order valence-corrected chi connectivity index (χ1v) is 7.85. The number of aromatic nitrogens is 1. The Kier molecular flexibility index (Phi) is 3.74. The van der Waals surface area contributed by atoms with Crippen LogP contribution in [0.1, 0.15) is 33.6 Å². The Morgan fingerprint density at radius 1 is 1.24 bits per heavy atom. The van der Waals surface area contributed by atoms with E-state index >= 15 is 0 Å². The number of nitrogens with zero attached hydrogens (tertiary/aromatic N) is 1. The molecule has 0 saturated heterocycles. The molecular weight excluding hydrogens is 322 g/mol. The molecule has 0 spiro atoms. The molecular formula is C19H15NO5. The second-order valence-corrected chi connectivity index (χ2v) is 5.85. The molecule has 1 unspecified atom stereocenters. The number of hydrogen-bond acceptors (Lipinski definition) is 5. The average Bonchev–Trinajstić information content (AvgIpc) is 3.33. The lowest BCUT2D eigenvalue weighted by Crippen LogP contribution is -2.41. The highest BCUT2D eigenvalue weighted by Gasteiger charge is 2.42. The van der Waals surface area contributed by atoms with Crippen LogP contribution >= 0.6 is 0 Å². The van der Waals surface area contributed by atoms with E-state index in [9.17, 15) is 15.0 Å². The summed E-state index contributed by atoms with van der Waals surface area (Å²) >= 11 is 0. The van der Waals surface area contributed by atoms with Crippen molar-refractivity contribution in [1.29, 1.82) is 0 Å². The molecule has 0 aliphatic carbocycles. The molecule has 1 atom stereocenters. The minimum Gasteiger partial charge on any atom is -0.868 e. The lowest BCUT2D eigenvalue weighted by molar-refractivity contribution is -0.712. The number of aliphatic hydroxyl groups excluding tert-OH is 1. The highest BCUT2D eigenvalue weighted by Crippen LogP contribution is 2.29. The Morgan fingerprint density at radius 2 is 2.04 bits per heavy atom. The molecule has 3 aromatic heterocycles. The first-order chi connectivity index (χ1) is 12.2. The third-order valence-corrected chi connectivity index (χ3v) is 4.31. The lowest BCUT2D eigenvalue weighted by atomic mass is 10.0. The maximum absolute atomic E-state index is 12.8. The monoisotopic (exact) mass is 337 g/mol. The first-order valence-electron chi connectivity index (χ1n) is 7.85. The predicted octanol–water partition coefficient (Wildman–Crippen LogP) is 1.64. The van der Waals surface area contributed by atoms with Gasteiger partial charge in [-0.3, -0.25) is 4.79 Å². The molecule has 4 rings (SSSR count). The molecule has 0 amide bonds. The summed E-state index contributed by atoms with van der Waals surface area (Å²) in [6.45, 7) is -0.285. The number of Topliss-reactive ketones (excluding diaryl/α,β-unsaturated/α-hetero) is 1. The van der Waals surface area contributed by atoms with Crippen LogP contribution in [0.4, 0.5) is 0 Å². The van der Waals surface area contributed by atoms with Crippen LogP contribution in [0.2, 0.25) is 0 Å². The molecule has 0 aromatic carbocycles. The number of fused-ring (bicyclic) bond motifs is 1. The van der Waals surface area contributed by atoms with Gasteiger partial charge >= 0.3 is 0 Å². The minimum absolute atomic E-state index is 0.203. The van der Waals surface area contributed by atoms with Crippen LogP contribution in [-0.4, -0.2) is 17.5 Å². The summed E-state index contributed by atoms with van der Waals surface area (Å²) < 4.78 is 12.1. The van der Waals surface area contributed by atoms with Crippen molar-refractivity contribution in [3.05, 3.63) is 77.4 Å². The number of carbonyl (C=O) groups excluding carboxylic acids is 1. The summed E-state index contributed by atoms with van der Waals surface area (Å²) in [6, 6.07) is 7.96. The van der Waals surface area contributed by atoms with Gasteiger partial charge in [0.15, 0.2) is 6.20 Å². The quantitative estimate of drug-likeness (QED) is 0.577. The van der Waals surface area contributed by atoms with E-state index in [1.165, 1.54) is 17.0 Å². The first kappa shape index (κ1) is 15.4. The van der Waals surface area contributed by atoms with Crippen LogP contribution in [-0.2, 0) is 6.42 Å². The summed E-state index contributed by atoms with van der Waals surface area (Å²) in [5, 5.41) is 22.1. The molecule has 0 bridgehead atoms. The summed E-state index contributed by atoms with van der Waals surface area (Å²) in [4.78, 5) is 12.8. The van der Waals surface area contributed by atoms with Crippen molar-refractivity contribution in [3.63, 3.8) is 0 Å². The van der Waals surface area contributed by atoms with Crippen molar-refractivity contribution in [3.8, 4) is 5.75 Å². The molecule has 0 radical (unpaired) electrons. The van der Waals surface area contributed by atoms with Crippen LogP contribution in [0.5, 0.6) is 5.75 Å². The SMILES string of the molecule is O=C1/C(=C\c2ccco2)C(CO)[n+]2cc([O-])c(Cc3ccco3)cc21.